The average molecular weight is 463 g/mol. The molecule has 176 valence electrons. The van der Waals surface area contributed by atoms with E-state index >= 15 is 0 Å². The summed E-state index contributed by atoms with van der Waals surface area (Å²) < 4.78 is 18.6. The van der Waals surface area contributed by atoms with Crippen molar-refractivity contribution in [2.45, 2.75) is 39.3 Å². The van der Waals surface area contributed by atoms with Gasteiger partial charge in [-0.15, -0.1) is 5.10 Å². The van der Waals surface area contributed by atoms with Gasteiger partial charge in [-0.05, 0) is 31.4 Å². The molecule has 3 aromatic heterocycles. The fourth-order valence-electron chi connectivity index (χ4n) is 3.56. The Bertz CT molecular complexity index is 1220. The standard InChI is InChI=1S/C25H26N4O5/c1-3-33-25-20(8-10-23(30)31)14-29(28-25)13-18-7-9-22(26-12-18)34-24(21-15-32-16-27-21)19-6-4-5-17(2)11-19/h4-7,9,11-12,14-16,24H,3,8,10,13H2,1-2H3,(H,30,31). The Balaban J connectivity index is 1.48. The van der Waals surface area contributed by atoms with Crippen molar-refractivity contribution in [1.29, 1.82) is 0 Å². The molecule has 1 N–H and O–H groups in total. The topological polar surface area (TPSA) is 113 Å². The lowest BCUT2D eigenvalue weighted by Gasteiger charge is -2.17. The molecule has 0 radical (unpaired) electrons. The molecule has 1 atom stereocenters. The minimum absolute atomic E-state index is 0.0208. The number of oxazole rings is 1. The molecule has 0 aliphatic heterocycles. The molecule has 0 aliphatic carbocycles. The first kappa shape index (κ1) is 23.0. The van der Waals surface area contributed by atoms with E-state index in [1.54, 1.807) is 23.2 Å². The second-order valence-corrected chi connectivity index (χ2v) is 7.81. The third-order valence-electron chi connectivity index (χ3n) is 5.13. The van der Waals surface area contributed by atoms with E-state index in [1.807, 2.05) is 50.4 Å². The third kappa shape index (κ3) is 5.80. The van der Waals surface area contributed by atoms with Crippen LogP contribution < -0.4 is 9.47 Å². The largest absolute Gasteiger partial charge is 0.481 e. The van der Waals surface area contributed by atoms with E-state index in [1.165, 1.54) is 6.39 Å². The molecule has 0 saturated carbocycles. The monoisotopic (exact) mass is 462 g/mol. The summed E-state index contributed by atoms with van der Waals surface area (Å²) in [6, 6.07) is 11.7. The molecule has 0 saturated heterocycles. The van der Waals surface area contributed by atoms with Gasteiger partial charge in [0.25, 0.3) is 0 Å². The van der Waals surface area contributed by atoms with E-state index < -0.39 is 12.1 Å². The lowest BCUT2D eigenvalue weighted by Crippen LogP contribution is -2.11. The molecular formula is C25H26N4O5. The van der Waals surface area contributed by atoms with Gasteiger partial charge >= 0.3 is 5.97 Å². The van der Waals surface area contributed by atoms with Gasteiger partial charge in [-0.3, -0.25) is 9.48 Å². The number of carbonyl (C=O) groups is 1. The Morgan fingerprint density at radius 2 is 2.12 bits per heavy atom. The maximum absolute atomic E-state index is 10.9. The summed E-state index contributed by atoms with van der Waals surface area (Å²) in [6.45, 7) is 4.81. The van der Waals surface area contributed by atoms with Crippen LogP contribution in [0.3, 0.4) is 0 Å². The minimum Gasteiger partial charge on any atom is -0.481 e. The van der Waals surface area contributed by atoms with Gasteiger partial charge in [0.05, 0.1) is 13.2 Å². The van der Waals surface area contributed by atoms with Crippen molar-refractivity contribution in [3.05, 3.63) is 89.4 Å². The predicted octanol–water partition coefficient (Wildman–Crippen LogP) is 4.21. The molecule has 1 aromatic carbocycles. The van der Waals surface area contributed by atoms with Crippen LogP contribution in [0, 0.1) is 6.92 Å². The van der Waals surface area contributed by atoms with Gasteiger partial charge in [-0.1, -0.05) is 35.9 Å². The summed E-state index contributed by atoms with van der Waals surface area (Å²) in [5, 5.41) is 13.4. The molecule has 3 heterocycles. The summed E-state index contributed by atoms with van der Waals surface area (Å²) in [7, 11) is 0. The summed E-state index contributed by atoms with van der Waals surface area (Å²) in [5.41, 5.74) is 4.41. The molecule has 4 rings (SSSR count). The van der Waals surface area contributed by atoms with E-state index in [2.05, 4.69) is 15.1 Å². The quantitative estimate of drug-likeness (QED) is 0.353. The van der Waals surface area contributed by atoms with Crippen LogP contribution in [0.15, 0.2) is 65.9 Å². The maximum Gasteiger partial charge on any atom is 0.303 e. The molecular weight excluding hydrogens is 436 g/mol. The van der Waals surface area contributed by atoms with Crippen LogP contribution in [0.1, 0.15) is 47.4 Å². The zero-order valence-electron chi connectivity index (χ0n) is 19.0. The number of aryl methyl sites for hydroxylation is 2. The van der Waals surface area contributed by atoms with Crippen molar-refractivity contribution in [3.63, 3.8) is 0 Å². The van der Waals surface area contributed by atoms with Gasteiger partial charge in [0.2, 0.25) is 11.8 Å². The van der Waals surface area contributed by atoms with E-state index in [9.17, 15) is 4.79 Å². The lowest BCUT2D eigenvalue weighted by molar-refractivity contribution is -0.136. The van der Waals surface area contributed by atoms with E-state index in [0.29, 0.717) is 37.0 Å². The molecule has 0 fully saturated rings. The number of nitrogens with zero attached hydrogens (tertiary/aromatic N) is 4. The van der Waals surface area contributed by atoms with Crippen LogP contribution in [0.2, 0.25) is 0 Å². The number of pyridine rings is 1. The number of ether oxygens (including phenoxy) is 2. The normalized spacial score (nSPS) is 11.8. The molecule has 34 heavy (non-hydrogen) atoms. The highest BCUT2D eigenvalue weighted by molar-refractivity contribution is 5.67. The Morgan fingerprint density at radius 1 is 1.24 bits per heavy atom. The number of hydrogen-bond acceptors (Lipinski definition) is 7. The minimum atomic E-state index is -0.857. The molecule has 1 unspecified atom stereocenters. The first-order valence-electron chi connectivity index (χ1n) is 11.0. The van der Waals surface area contributed by atoms with Crippen LogP contribution in [0.4, 0.5) is 0 Å². The Morgan fingerprint density at radius 3 is 2.79 bits per heavy atom. The highest BCUT2D eigenvalue weighted by atomic mass is 16.5. The summed E-state index contributed by atoms with van der Waals surface area (Å²) in [4.78, 5) is 19.7. The van der Waals surface area contributed by atoms with Crippen LogP contribution in [0.25, 0.3) is 0 Å². The smallest absolute Gasteiger partial charge is 0.303 e. The van der Waals surface area contributed by atoms with Crippen molar-refractivity contribution in [3.8, 4) is 11.8 Å². The number of carboxylic acid groups (broad SMARTS) is 1. The van der Waals surface area contributed by atoms with Gasteiger partial charge in [-0.2, -0.15) is 0 Å². The Hall–Kier alpha value is -4.14. The van der Waals surface area contributed by atoms with Gasteiger partial charge in [0, 0.05) is 30.4 Å². The number of rotatable bonds is 11. The van der Waals surface area contributed by atoms with Gasteiger partial charge < -0.3 is 19.0 Å². The summed E-state index contributed by atoms with van der Waals surface area (Å²) >= 11 is 0. The number of hydrogen-bond donors (Lipinski definition) is 1. The molecule has 0 spiro atoms. The fraction of sp³-hybridized carbons (Fsp3) is 0.280. The first-order valence-corrected chi connectivity index (χ1v) is 11.0. The summed E-state index contributed by atoms with van der Waals surface area (Å²) in [5.74, 6) is 0.0609. The fourth-order valence-corrected chi connectivity index (χ4v) is 3.56. The molecule has 0 amide bonds. The number of aliphatic carboxylic acids is 1. The van der Waals surface area contributed by atoms with Crippen molar-refractivity contribution < 1.29 is 23.8 Å². The molecule has 9 heteroatoms. The van der Waals surface area contributed by atoms with Crippen LogP contribution in [0.5, 0.6) is 11.8 Å². The van der Waals surface area contributed by atoms with Crippen LogP contribution in [-0.4, -0.2) is 37.4 Å². The first-order chi connectivity index (χ1) is 16.5. The Kier molecular flexibility index (Phi) is 7.22. The van der Waals surface area contributed by atoms with Crippen LogP contribution in [-0.2, 0) is 17.8 Å². The zero-order valence-corrected chi connectivity index (χ0v) is 19.0. The average Bonchev–Trinajstić information content (AvgIpc) is 3.48. The Labute approximate surface area is 197 Å². The molecule has 4 aromatic rings. The summed E-state index contributed by atoms with van der Waals surface area (Å²) in [6.07, 6.45) is 6.42. The maximum atomic E-state index is 10.9. The number of aromatic nitrogens is 4. The van der Waals surface area contributed by atoms with E-state index in [4.69, 9.17) is 19.0 Å². The van der Waals surface area contributed by atoms with Crippen molar-refractivity contribution in [2.75, 3.05) is 6.61 Å². The SMILES string of the molecule is CCOc1nn(Cc2ccc(OC(c3cccc(C)c3)c3cocn3)nc2)cc1CCC(=O)O. The third-order valence-corrected chi connectivity index (χ3v) is 5.13. The number of carboxylic acids is 1. The molecule has 0 aliphatic rings. The van der Waals surface area contributed by atoms with Crippen molar-refractivity contribution in [1.82, 2.24) is 19.7 Å². The predicted molar refractivity (Wildman–Crippen MR) is 123 cm³/mol. The van der Waals surface area contributed by atoms with Gasteiger partial charge in [0.1, 0.15) is 12.0 Å². The van der Waals surface area contributed by atoms with Gasteiger partial charge in [0.15, 0.2) is 12.5 Å². The highest BCUT2D eigenvalue weighted by Crippen LogP contribution is 2.27. The van der Waals surface area contributed by atoms with Crippen molar-refractivity contribution in [2.24, 2.45) is 0 Å². The molecule has 9 nitrogen and oxygen atoms in total. The van der Waals surface area contributed by atoms with Crippen molar-refractivity contribution >= 4 is 5.97 Å². The van der Waals surface area contributed by atoms with E-state index in [0.717, 1.165) is 22.3 Å². The zero-order chi connectivity index (χ0) is 23.9. The van der Waals surface area contributed by atoms with Crippen LogP contribution >= 0.6 is 0 Å². The second-order valence-electron chi connectivity index (χ2n) is 7.81. The lowest BCUT2D eigenvalue weighted by atomic mass is 10.0. The number of benzene rings is 1. The van der Waals surface area contributed by atoms with Gasteiger partial charge in [-0.25, -0.2) is 9.97 Å². The second kappa shape index (κ2) is 10.7. The molecule has 0 bridgehead atoms. The van der Waals surface area contributed by atoms with E-state index in [-0.39, 0.29) is 6.42 Å². The highest BCUT2D eigenvalue weighted by Gasteiger charge is 2.20.